The molecule has 0 saturated heterocycles. The average Bonchev–Trinajstić information content (AvgIpc) is 2.68. The molecule has 3 nitrogen and oxygen atoms in total. The van der Waals surface area contributed by atoms with E-state index in [1.165, 1.54) is 10.6 Å². The summed E-state index contributed by atoms with van der Waals surface area (Å²) in [7, 11) is 1.98. The molecule has 1 rings (SSSR count). The molecule has 0 aliphatic rings. The van der Waals surface area contributed by atoms with E-state index in [-0.39, 0.29) is 16.9 Å². The molecule has 0 aliphatic heterocycles. The normalized spacial score (nSPS) is 14.6. The second kappa shape index (κ2) is 6.54. The second-order valence-electron chi connectivity index (χ2n) is 7.31. The lowest BCUT2D eigenvalue weighted by atomic mass is 9.88. The summed E-state index contributed by atoms with van der Waals surface area (Å²) in [5.41, 5.74) is 1.32. The molecule has 0 spiro atoms. The van der Waals surface area contributed by atoms with Crippen LogP contribution in [0.3, 0.4) is 0 Å². The van der Waals surface area contributed by atoms with E-state index in [4.69, 9.17) is 9.72 Å². The Kier molecular flexibility index (Phi) is 5.76. The highest BCUT2D eigenvalue weighted by atomic mass is 32.1. The summed E-state index contributed by atoms with van der Waals surface area (Å²) in [6.07, 6.45) is 0.0595. The second-order valence-corrected chi connectivity index (χ2v) is 8.42. The SMILES string of the molecule is CCOC(c1nc(C(C)(C)C)c(CNC)s1)C(C)(C)C. The molecule has 0 aromatic carbocycles. The Labute approximate surface area is 128 Å². The highest BCUT2D eigenvalue weighted by Crippen LogP contribution is 2.40. The van der Waals surface area contributed by atoms with Crippen LogP contribution in [-0.4, -0.2) is 18.6 Å². The molecule has 1 unspecified atom stereocenters. The quantitative estimate of drug-likeness (QED) is 0.881. The van der Waals surface area contributed by atoms with Crippen LogP contribution in [0.25, 0.3) is 0 Å². The Morgan fingerprint density at radius 2 is 1.80 bits per heavy atom. The predicted molar refractivity (Wildman–Crippen MR) is 87.4 cm³/mol. The lowest BCUT2D eigenvalue weighted by Gasteiger charge is -2.28. The number of nitrogens with zero attached hydrogens (tertiary/aromatic N) is 1. The van der Waals surface area contributed by atoms with Crippen LogP contribution < -0.4 is 5.32 Å². The Morgan fingerprint density at radius 3 is 2.20 bits per heavy atom. The van der Waals surface area contributed by atoms with Gasteiger partial charge in [0.05, 0.1) is 5.69 Å². The average molecular weight is 298 g/mol. The van der Waals surface area contributed by atoms with Crippen molar-refractivity contribution in [3.8, 4) is 0 Å². The van der Waals surface area contributed by atoms with Crippen LogP contribution in [0.2, 0.25) is 0 Å². The van der Waals surface area contributed by atoms with Crippen molar-refractivity contribution in [1.82, 2.24) is 10.3 Å². The zero-order valence-corrected chi connectivity index (χ0v) is 15.1. The van der Waals surface area contributed by atoms with Gasteiger partial charge >= 0.3 is 0 Å². The lowest BCUT2D eigenvalue weighted by Crippen LogP contribution is -2.22. The van der Waals surface area contributed by atoms with Crippen LogP contribution in [0, 0.1) is 5.41 Å². The number of hydrogen-bond acceptors (Lipinski definition) is 4. The van der Waals surface area contributed by atoms with Crippen LogP contribution in [-0.2, 0) is 16.7 Å². The topological polar surface area (TPSA) is 34.1 Å². The maximum atomic E-state index is 5.98. The number of hydrogen-bond donors (Lipinski definition) is 1. The molecule has 1 aromatic rings. The highest BCUT2D eigenvalue weighted by molar-refractivity contribution is 7.11. The molecule has 0 bridgehead atoms. The van der Waals surface area contributed by atoms with Gasteiger partial charge in [0.1, 0.15) is 11.1 Å². The van der Waals surface area contributed by atoms with Crippen LogP contribution in [0.15, 0.2) is 0 Å². The fourth-order valence-corrected chi connectivity index (χ4v) is 3.79. The van der Waals surface area contributed by atoms with E-state index >= 15 is 0 Å². The largest absolute Gasteiger partial charge is 0.371 e. The van der Waals surface area contributed by atoms with Gasteiger partial charge in [0, 0.05) is 23.4 Å². The van der Waals surface area contributed by atoms with Crippen LogP contribution in [0.5, 0.6) is 0 Å². The molecule has 0 fully saturated rings. The minimum absolute atomic E-state index is 0.0555. The summed E-state index contributed by atoms with van der Waals surface area (Å²) in [4.78, 5) is 6.26. The van der Waals surface area contributed by atoms with E-state index in [1.54, 1.807) is 11.3 Å². The molecular weight excluding hydrogens is 268 g/mol. The Balaban J connectivity index is 3.24. The monoisotopic (exact) mass is 298 g/mol. The maximum absolute atomic E-state index is 5.98. The van der Waals surface area contributed by atoms with Crippen molar-refractivity contribution in [2.45, 2.75) is 66.5 Å². The minimum atomic E-state index is 0.0555. The number of nitrogens with one attached hydrogen (secondary N) is 1. The van der Waals surface area contributed by atoms with Crippen molar-refractivity contribution in [1.29, 1.82) is 0 Å². The van der Waals surface area contributed by atoms with Crippen molar-refractivity contribution >= 4 is 11.3 Å². The first kappa shape index (κ1) is 17.6. The van der Waals surface area contributed by atoms with Crippen LogP contribution in [0.4, 0.5) is 0 Å². The van der Waals surface area contributed by atoms with Gasteiger partial charge < -0.3 is 10.1 Å². The van der Waals surface area contributed by atoms with Crippen LogP contribution in [0.1, 0.15) is 70.1 Å². The summed E-state index contributed by atoms with van der Waals surface area (Å²) >= 11 is 1.79. The molecule has 4 heteroatoms. The van der Waals surface area contributed by atoms with Crippen molar-refractivity contribution in [3.05, 3.63) is 15.6 Å². The molecular formula is C16H30N2OS. The van der Waals surface area contributed by atoms with Crippen molar-refractivity contribution in [2.75, 3.05) is 13.7 Å². The fourth-order valence-electron chi connectivity index (χ4n) is 2.21. The third-order valence-corrected chi connectivity index (χ3v) is 4.20. The summed E-state index contributed by atoms with van der Waals surface area (Å²) in [5.74, 6) is 0. The molecule has 0 amide bonds. The van der Waals surface area contributed by atoms with Crippen molar-refractivity contribution < 1.29 is 4.74 Å². The van der Waals surface area contributed by atoms with Gasteiger partial charge in [-0.05, 0) is 19.4 Å². The van der Waals surface area contributed by atoms with Gasteiger partial charge in [-0.1, -0.05) is 41.5 Å². The van der Waals surface area contributed by atoms with E-state index in [9.17, 15) is 0 Å². The van der Waals surface area contributed by atoms with Gasteiger partial charge in [0.2, 0.25) is 0 Å². The summed E-state index contributed by atoms with van der Waals surface area (Å²) in [6.45, 7) is 16.9. The van der Waals surface area contributed by atoms with Gasteiger partial charge in [0.15, 0.2) is 0 Å². The fraction of sp³-hybridized carbons (Fsp3) is 0.812. The van der Waals surface area contributed by atoms with Gasteiger partial charge in [-0.2, -0.15) is 0 Å². The zero-order valence-electron chi connectivity index (χ0n) is 14.3. The standard InChI is InChI=1S/C16H30N2OS/c1-9-19-13(16(5,6)7)14-18-12(15(2,3)4)11(20-14)10-17-8/h13,17H,9-10H2,1-8H3. The first-order valence-corrected chi connectivity index (χ1v) is 8.19. The number of ether oxygens (including phenoxy) is 1. The molecule has 0 radical (unpaired) electrons. The van der Waals surface area contributed by atoms with E-state index in [1.807, 2.05) is 14.0 Å². The maximum Gasteiger partial charge on any atom is 0.123 e. The number of aromatic nitrogens is 1. The summed E-state index contributed by atoms with van der Waals surface area (Å²) < 4.78 is 5.98. The van der Waals surface area contributed by atoms with E-state index < -0.39 is 0 Å². The van der Waals surface area contributed by atoms with Gasteiger partial charge in [-0.15, -0.1) is 11.3 Å². The third-order valence-electron chi connectivity index (χ3n) is 3.11. The lowest BCUT2D eigenvalue weighted by molar-refractivity contribution is -0.0135. The van der Waals surface area contributed by atoms with Gasteiger partial charge in [0.25, 0.3) is 0 Å². The molecule has 116 valence electrons. The molecule has 20 heavy (non-hydrogen) atoms. The Hall–Kier alpha value is -0.450. The first-order valence-electron chi connectivity index (χ1n) is 7.37. The Bertz CT molecular complexity index is 427. The summed E-state index contributed by atoms with van der Waals surface area (Å²) in [6, 6.07) is 0. The number of thiazole rings is 1. The molecule has 0 saturated carbocycles. The molecule has 1 atom stereocenters. The number of rotatable bonds is 5. The molecule has 1 N–H and O–H groups in total. The third kappa shape index (κ3) is 4.27. The van der Waals surface area contributed by atoms with Crippen molar-refractivity contribution in [2.24, 2.45) is 5.41 Å². The van der Waals surface area contributed by atoms with E-state index in [2.05, 4.69) is 46.9 Å². The smallest absolute Gasteiger partial charge is 0.123 e. The zero-order chi connectivity index (χ0) is 15.6. The Morgan fingerprint density at radius 1 is 1.20 bits per heavy atom. The van der Waals surface area contributed by atoms with Crippen LogP contribution >= 0.6 is 11.3 Å². The van der Waals surface area contributed by atoms with E-state index in [0.717, 1.165) is 11.6 Å². The first-order chi connectivity index (χ1) is 9.11. The van der Waals surface area contributed by atoms with E-state index in [0.29, 0.717) is 6.61 Å². The minimum Gasteiger partial charge on any atom is -0.371 e. The van der Waals surface area contributed by atoms with Gasteiger partial charge in [-0.25, -0.2) is 4.98 Å². The molecule has 0 aliphatic carbocycles. The summed E-state index contributed by atoms with van der Waals surface area (Å²) in [5, 5.41) is 4.36. The molecule has 1 heterocycles. The predicted octanol–water partition coefficient (Wildman–Crippen LogP) is 4.28. The van der Waals surface area contributed by atoms with Crippen molar-refractivity contribution in [3.63, 3.8) is 0 Å². The highest BCUT2D eigenvalue weighted by Gasteiger charge is 2.32. The van der Waals surface area contributed by atoms with Gasteiger partial charge in [-0.3, -0.25) is 0 Å². The molecule has 1 aromatic heterocycles.